The second kappa shape index (κ2) is 5.01. The number of aromatic amines is 1. The van der Waals surface area contributed by atoms with Gasteiger partial charge in [0.15, 0.2) is 0 Å². The van der Waals surface area contributed by atoms with Crippen LogP contribution >= 0.6 is 11.6 Å². The third kappa shape index (κ3) is 2.22. The van der Waals surface area contributed by atoms with Gasteiger partial charge in [0, 0.05) is 48.8 Å². The topological polar surface area (TPSA) is 45.8 Å². The fourth-order valence-electron chi connectivity index (χ4n) is 1.25. The van der Waals surface area contributed by atoms with Crippen LogP contribution in [0.3, 0.4) is 0 Å². The molecule has 3 nitrogen and oxygen atoms in total. The van der Waals surface area contributed by atoms with Gasteiger partial charge < -0.3 is 4.79 Å². The molecule has 69 valence electrons. The van der Waals surface area contributed by atoms with E-state index in [1.807, 2.05) is 12.4 Å². The van der Waals surface area contributed by atoms with E-state index < -0.39 is 0 Å². The molecule has 5 heteroatoms. The summed E-state index contributed by atoms with van der Waals surface area (Å²) in [5.41, 5.74) is 1.56. The van der Waals surface area contributed by atoms with Gasteiger partial charge in [0.2, 0.25) is 0 Å². The monoisotopic (exact) mass is 282 g/mol. The third-order valence-corrected chi connectivity index (χ3v) is 2.08. The van der Waals surface area contributed by atoms with Crippen molar-refractivity contribution in [1.29, 1.82) is 0 Å². The fraction of sp³-hybridized carbons (Fsp3) is 0.111. The van der Waals surface area contributed by atoms with Crippen molar-refractivity contribution in [3.05, 3.63) is 28.9 Å². The van der Waals surface area contributed by atoms with E-state index in [0.29, 0.717) is 5.02 Å². The molecule has 0 saturated heterocycles. The van der Waals surface area contributed by atoms with Crippen LogP contribution in [0.1, 0.15) is 5.69 Å². The van der Waals surface area contributed by atoms with Crippen molar-refractivity contribution in [3.8, 4) is 0 Å². The molecule has 1 heterocycles. The van der Waals surface area contributed by atoms with E-state index in [-0.39, 0.29) is 39.1 Å². The van der Waals surface area contributed by atoms with E-state index in [0.717, 1.165) is 16.6 Å². The third-order valence-electron chi connectivity index (χ3n) is 1.85. The van der Waals surface area contributed by atoms with Gasteiger partial charge in [-0.1, -0.05) is 11.6 Å². The van der Waals surface area contributed by atoms with Crippen LogP contribution in [0.2, 0.25) is 5.02 Å². The van der Waals surface area contributed by atoms with E-state index >= 15 is 0 Å². The molecular weight excluding hydrogens is 276 g/mol. The summed E-state index contributed by atoms with van der Waals surface area (Å²) in [7, 11) is 0. The summed E-state index contributed by atoms with van der Waals surface area (Å²) in [5, 5.41) is 8.34. The summed E-state index contributed by atoms with van der Waals surface area (Å²) in [5.74, 6) is 0. The van der Waals surface area contributed by atoms with Crippen LogP contribution in [0.4, 0.5) is 0 Å². The predicted octanol–water partition coefficient (Wildman–Crippen LogP) is 1.87. The minimum Gasteiger partial charge on any atom is -0.541 e. The van der Waals surface area contributed by atoms with Gasteiger partial charge in [0.05, 0.1) is 5.52 Å². The first-order valence-corrected chi connectivity index (χ1v) is 4.16. The normalized spacial score (nSPS) is 9.79. The van der Waals surface area contributed by atoms with Gasteiger partial charge in [-0.3, -0.25) is 11.4 Å². The van der Waals surface area contributed by atoms with Crippen molar-refractivity contribution in [2.75, 3.05) is 0 Å². The summed E-state index contributed by atoms with van der Waals surface area (Å²) in [6, 6.07) is 5.36. The molecule has 2 aromatic rings. The zero-order valence-electron chi connectivity index (χ0n) is 7.25. The Labute approximate surface area is 111 Å². The van der Waals surface area contributed by atoms with Crippen molar-refractivity contribution in [2.24, 2.45) is 0 Å². The predicted molar refractivity (Wildman–Crippen MR) is 50.5 cm³/mol. The number of aromatic nitrogens is 2. The van der Waals surface area contributed by atoms with E-state index in [1.54, 1.807) is 12.1 Å². The summed E-state index contributed by atoms with van der Waals surface area (Å²) >= 11 is 5.77. The molecule has 0 bridgehead atoms. The number of nitrogens with zero attached hydrogens (tertiary/aromatic N) is 1. The van der Waals surface area contributed by atoms with Gasteiger partial charge in [-0.2, -0.15) is 5.10 Å². The number of carbonyl (C=O) groups excluding carboxylic acids is 1. The first-order valence-electron chi connectivity index (χ1n) is 3.79. The molecule has 0 aliphatic heterocycles. The smallest absolute Gasteiger partial charge is 0.0937 e. The van der Waals surface area contributed by atoms with Crippen LogP contribution in [0.5, 0.6) is 0 Å². The SMILES string of the molecule is O=[C-]Cc1[nH]nc2cc(Cl)ccc12.[Y]. The van der Waals surface area contributed by atoms with E-state index in [4.69, 9.17) is 11.6 Å². The van der Waals surface area contributed by atoms with Crippen LogP contribution in [0, 0.1) is 0 Å². The van der Waals surface area contributed by atoms with Gasteiger partial charge in [0.1, 0.15) is 0 Å². The maximum Gasteiger partial charge on any atom is 0.0937 e. The second-order valence-corrected chi connectivity index (χ2v) is 3.12. The van der Waals surface area contributed by atoms with Crippen molar-refractivity contribution in [1.82, 2.24) is 10.2 Å². The molecular formula is C9H6ClN2OY-. The molecule has 1 aromatic heterocycles. The summed E-state index contributed by atoms with van der Waals surface area (Å²) in [6.07, 6.45) is 2.06. The van der Waals surface area contributed by atoms with Gasteiger partial charge in [-0.25, -0.2) is 0 Å². The van der Waals surface area contributed by atoms with Crippen LogP contribution in [0.15, 0.2) is 18.2 Å². The number of H-pyrrole nitrogens is 1. The van der Waals surface area contributed by atoms with Crippen molar-refractivity contribution < 1.29 is 37.5 Å². The van der Waals surface area contributed by atoms with Gasteiger partial charge in [-0.15, -0.1) is 6.42 Å². The van der Waals surface area contributed by atoms with Gasteiger partial charge in [0.25, 0.3) is 0 Å². The average Bonchev–Trinajstić information content (AvgIpc) is 2.49. The molecule has 2 rings (SSSR count). The molecule has 0 saturated carbocycles. The quantitative estimate of drug-likeness (QED) is 0.855. The molecule has 0 amide bonds. The Balaban J connectivity index is 0.000000980. The number of rotatable bonds is 2. The van der Waals surface area contributed by atoms with E-state index in [1.165, 1.54) is 0 Å². The fourth-order valence-corrected chi connectivity index (χ4v) is 1.41. The molecule has 0 aliphatic rings. The van der Waals surface area contributed by atoms with E-state index in [2.05, 4.69) is 10.2 Å². The average molecular weight is 283 g/mol. The molecule has 0 spiro atoms. The Hall–Kier alpha value is -0.246. The Bertz CT molecular complexity index is 455. The van der Waals surface area contributed by atoms with Gasteiger partial charge >= 0.3 is 0 Å². The summed E-state index contributed by atoms with van der Waals surface area (Å²) in [6.45, 7) is 0. The Morgan fingerprint density at radius 1 is 1.50 bits per heavy atom. The maximum absolute atomic E-state index is 10.2. The first kappa shape index (κ1) is 11.8. The Morgan fingerprint density at radius 2 is 2.29 bits per heavy atom. The maximum atomic E-state index is 10.2. The molecule has 1 N–H and O–H groups in total. The van der Waals surface area contributed by atoms with Crippen LogP contribution in [-0.2, 0) is 43.9 Å². The molecule has 0 atom stereocenters. The number of nitrogens with one attached hydrogen (secondary N) is 1. The number of hydrogen-bond acceptors (Lipinski definition) is 2. The van der Waals surface area contributed by atoms with Crippen molar-refractivity contribution in [3.63, 3.8) is 0 Å². The van der Waals surface area contributed by atoms with E-state index in [9.17, 15) is 4.79 Å². The van der Waals surface area contributed by atoms with Crippen LogP contribution < -0.4 is 0 Å². The minimum atomic E-state index is 0. The molecule has 0 unspecified atom stereocenters. The number of halogens is 1. The number of fused-ring (bicyclic) bond motifs is 1. The zero-order chi connectivity index (χ0) is 9.26. The number of hydrogen-bond donors (Lipinski definition) is 1. The van der Waals surface area contributed by atoms with Crippen LogP contribution in [0.25, 0.3) is 10.9 Å². The van der Waals surface area contributed by atoms with Crippen molar-refractivity contribution in [2.45, 2.75) is 6.42 Å². The molecule has 14 heavy (non-hydrogen) atoms. The molecule has 1 aromatic carbocycles. The minimum absolute atomic E-state index is 0. The molecule has 0 aliphatic carbocycles. The second-order valence-electron chi connectivity index (χ2n) is 2.68. The number of benzene rings is 1. The standard InChI is InChI=1S/C9H6ClN2O.Y/c10-6-1-2-7-8(3-4-13)11-12-9(7)5-6;/h1-2,5H,3H2,(H,11,12);/q-1;. The van der Waals surface area contributed by atoms with Crippen LogP contribution in [-0.4, -0.2) is 16.5 Å². The first-order chi connectivity index (χ1) is 6.31. The zero-order valence-corrected chi connectivity index (χ0v) is 10.8. The Morgan fingerprint density at radius 3 is 3.00 bits per heavy atom. The summed E-state index contributed by atoms with van der Waals surface area (Å²) in [4.78, 5) is 10.2. The largest absolute Gasteiger partial charge is 0.541 e. The molecule has 1 radical (unpaired) electrons. The van der Waals surface area contributed by atoms with Crippen molar-refractivity contribution >= 4 is 28.8 Å². The molecule has 0 fully saturated rings. The Kier molecular flexibility index (Phi) is 4.23. The summed E-state index contributed by atoms with van der Waals surface area (Å²) < 4.78 is 0. The van der Waals surface area contributed by atoms with Gasteiger partial charge in [-0.05, 0) is 18.2 Å².